The van der Waals surface area contributed by atoms with E-state index in [-0.39, 0.29) is 0 Å². The van der Waals surface area contributed by atoms with Gasteiger partial charge in [-0.15, -0.1) is 0 Å². The Morgan fingerprint density at radius 1 is 1.00 bits per heavy atom. The van der Waals surface area contributed by atoms with E-state index in [1.165, 1.54) is 38.5 Å². The van der Waals surface area contributed by atoms with Crippen LogP contribution in [0.2, 0.25) is 0 Å². The lowest BCUT2D eigenvalue weighted by molar-refractivity contribution is 0.000365. The second-order valence-corrected chi connectivity index (χ2v) is 6.91. The maximum Gasteiger partial charge on any atom is 0.0162 e. The molecule has 0 amide bonds. The van der Waals surface area contributed by atoms with Crippen molar-refractivity contribution in [2.75, 3.05) is 6.54 Å². The maximum absolute atomic E-state index is 6.32. The Morgan fingerprint density at radius 3 is 1.50 bits per heavy atom. The predicted molar refractivity (Wildman–Crippen MR) is 69.0 cm³/mol. The van der Waals surface area contributed by atoms with Gasteiger partial charge in [0.25, 0.3) is 0 Å². The third kappa shape index (κ3) is 2.78. The normalized spacial score (nSPS) is 44.4. The molecule has 4 N–H and O–H groups in total. The van der Waals surface area contributed by atoms with Gasteiger partial charge < -0.3 is 11.5 Å². The van der Waals surface area contributed by atoms with Gasteiger partial charge in [0, 0.05) is 5.54 Å². The lowest BCUT2D eigenvalue weighted by Crippen LogP contribution is -2.55. The highest BCUT2D eigenvalue weighted by atomic mass is 14.8. The minimum atomic E-state index is 0.300. The zero-order valence-corrected chi connectivity index (χ0v) is 10.9. The quantitative estimate of drug-likeness (QED) is 0.719. The van der Waals surface area contributed by atoms with Gasteiger partial charge in [-0.1, -0.05) is 13.8 Å². The van der Waals surface area contributed by atoms with Crippen LogP contribution in [0.15, 0.2) is 0 Å². The average molecular weight is 224 g/mol. The number of rotatable bonds is 1. The van der Waals surface area contributed by atoms with Crippen LogP contribution in [0.3, 0.4) is 0 Å². The average Bonchev–Trinajstić information content (AvgIpc) is 2.14. The number of nitrogens with two attached hydrogens (primary N) is 2. The Bertz CT molecular complexity index is 200. The molecule has 0 radical (unpaired) electrons. The van der Waals surface area contributed by atoms with Gasteiger partial charge in [0.15, 0.2) is 0 Å². The van der Waals surface area contributed by atoms with Crippen molar-refractivity contribution < 1.29 is 0 Å². The molecule has 4 fully saturated rings. The van der Waals surface area contributed by atoms with Gasteiger partial charge in [-0.05, 0) is 68.7 Å². The zero-order valence-electron chi connectivity index (χ0n) is 10.9. The first kappa shape index (κ1) is 12.4. The molecule has 0 unspecified atom stereocenters. The molecule has 2 nitrogen and oxygen atoms in total. The molecular formula is C14H28N2. The highest BCUT2D eigenvalue weighted by Crippen LogP contribution is 2.54. The van der Waals surface area contributed by atoms with E-state index in [4.69, 9.17) is 11.5 Å². The predicted octanol–water partition coefficient (Wildman–Crippen LogP) is 2.52. The van der Waals surface area contributed by atoms with Crippen molar-refractivity contribution in [1.82, 2.24) is 0 Å². The van der Waals surface area contributed by atoms with Gasteiger partial charge in [-0.25, -0.2) is 0 Å². The largest absolute Gasteiger partial charge is 0.330 e. The molecule has 0 atom stereocenters. The fraction of sp³-hybridized carbons (Fsp3) is 1.00. The van der Waals surface area contributed by atoms with Crippen molar-refractivity contribution in [2.45, 2.75) is 57.9 Å². The smallest absolute Gasteiger partial charge is 0.0162 e. The van der Waals surface area contributed by atoms with Crippen molar-refractivity contribution in [3.05, 3.63) is 0 Å². The Morgan fingerprint density at radius 2 is 1.31 bits per heavy atom. The fourth-order valence-corrected chi connectivity index (χ4v) is 4.18. The number of hydrogen-bond donors (Lipinski definition) is 2. The van der Waals surface area contributed by atoms with Crippen molar-refractivity contribution in [3.63, 3.8) is 0 Å². The van der Waals surface area contributed by atoms with Crippen LogP contribution in [-0.4, -0.2) is 12.1 Å². The molecule has 0 aliphatic heterocycles. The molecule has 0 heterocycles. The van der Waals surface area contributed by atoms with Gasteiger partial charge in [0.2, 0.25) is 0 Å². The summed E-state index contributed by atoms with van der Waals surface area (Å²) in [5, 5.41) is 0. The van der Waals surface area contributed by atoms with E-state index >= 15 is 0 Å². The van der Waals surface area contributed by atoms with E-state index < -0.39 is 0 Å². The third-order valence-corrected chi connectivity index (χ3v) is 4.56. The third-order valence-electron chi connectivity index (χ3n) is 4.56. The highest BCUT2D eigenvalue weighted by Gasteiger charge is 2.48. The lowest BCUT2D eigenvalue weighted by atomic mass is 9.53. The Kier molecular flexibility index (Phi) is 3.60. The summed E-state index contributed by atoms with van der Waals surface area (Å²) in [5.41, 5.74) is 11.8. The van der Waals surface area contributed by atoms with Gasteiger partial charge >= 0.3 is 0 Å². The molecule has 4 rings (SSSR count). The molecule has 16 heavy (non-hydrogen) atoms. The van der Waals surface area contributed by atoms with E-state index in [0.29, 0.717) is 11.5 Å². The van der Waals surface area contributed by atoms with Crippen molar-refractivity contribution >= 4 is 0 Å². The summed E-state index contributed by atoms with van der Waals surface area (Å²) in [4.78, 5) is 0. The summed E-state index contributed by atoms with van der Waals surface area (Å²) in [6.07, 6.45) is 8.57. The zero-order chi connectivity index (χ0) is 11.8. The SMILES string of the molecule is CC(C)CN.NC12CC3CC(CC(C3)C1)C2. The van der Waals surface area contributed by atoms with Crippen molar-refractivity contribution in [3.8, 4) is 0 Å². The summed E-state index contributed by atoms with van der Waals surface area (Å²) >= 11 is 0. The van der Waals surface area contributed by atoms with Crippen LogP contribution in [-0.2, 0) is 0 Å². The molecule has 94 valence electrons. The van der Waals surface area contributed by atoms with Crippen LogP contribution in [0.25, 0.3) is 0 Å². The monoisotopic (exact) mass is 224 g/mol. The fourth-order valence-electron chi connectivity index (χ4n) is 4.18. The molecule has 2 heteroatoms. The molecule has 0 aromatic heterocycles. The molecule has 4 saturated carbocycles. The van der Waals surface area contributed by atoms with Gasteiger partial charge in [-0.2, -0.15) is 0 Å². The van der Waals surface area contributed by atoms with Crippen molar-refractivity contribution in [1.29, 1.82) is 0 Å². The van der Waals surface area contributed by atoms with Gasteiger partial charge in [0.1, 0.15) is 0 Å². The van der Waals surface area contributed by atoms with Crippen LogP contribution in [0.1, 0.15) is 52.4 Å². The standard InChI is InChI=1S/C10H17N.C4H11N/c11-10-4-7-1-8(5-10)3-9(2-7)6-10;1-4(2)3-5/h7-9H,1-6,11H2;4H,3,5H2,1-2H3. The summed E-state index contributed by atoms with van der Waals surface area (Å²) in [7, 11) is 0. The van der Waals surface area contributed by atoms with Crippen LogP contribution >= 0.6 is 0 Å². The number of hydrogen-bond acceptors (Lipinski definition) is 2. The first-order valence-electron chi connectivity index (χ1n) is 6.99. The Labute approximate surface area is 100 Å². The lowest BCUT2D eigenvalue weighted by Gasteiger charge is -2.55. The van der Waals surface area contributed by atoms with E-state index in [2.05, 4.69) is 13.8 Å². The first-order valence-corrected chi connectivity index (χ1v) is 6.99. The second-order valence-electron chi connectivity index (χ2n) is 6.91. The van der Waals surface area contributed by atoms with Gasteiger partial charge in [-0.3, -0.25) is 0 Å². The van der Waals surface area contributed by atoms with Crippen LogP contribution < -0.4 is 11.5 Å². The molecule has 4 aliphatic carbocycles. The first-order chi connectivity index (χ1) is 7.50. The highest BCUT2D eigenvalue weighted by molar-refractivity contribution is 5.04. The minimum absolute atomic E-state index is 0.300. The molecular weight excluding hydrogens is 196 g/mol. The van der Waals surface area contributed by atoms with Crippen LogP contribution in [0.5, 0.6) is 0 Å². The Balaban J connectivity index is 0.000000168. The molecule has 0 spiro atoms. The van der Waals surface area contributed by atoms with E-state index in [0.717, 1.165) is 24.3 Å². The molecule has 0 aromatic rings. The topological polar surface area (TPSA) is 52.0 Å². The van der Waals surface area contributed by atoms with E-state index in [9.17, 15) is 0 Å². The van der Waals surface area contributed by atoms with Crippen LogP contribution in [0, 0.1) is 23.7 Å². The van der Waals surface area contributed by atoms with Crippen LogP contribution in [0.4, 0.5) is 0 Å². The molecule has 4 bridgehead atoms. The molecule has 0 saturated heterocycles. The van der Waals surface area contributed by atoms with E-state index in [1.54, 1.807) is 0 Å². The van der Waals surface area contributed by atoms with E-state index in [1.807, 2.05) is 0 Å². The molecule has 4 aliphatic rings. The summed E-state index contributed by atoms with van der Waals surface area (Å²) in [5.74, 6) is 3.72. The maximum atomic E-state index is 6.32. The molecule has 0 aromatic carbocycles. The second kappa shape index (κ2) is 4.66. The minimum Gasteiger partial charge on any atom is -0.330 e. The summed E-state index contributed by atoms with van der Waals surface area (Å²) < 4.78 is 0. The summed E-state index contributed by atoms with van der Waals surface area (Å²) in [6.45, 7) is 5.00. The van der Waals surface area contributed by atoms with Gasteiger partial charge in [0.05, 0.1) is 0 Å². The van der Waals surface area contributed by atoms with Crippen molar-refractivity contribution in [2.24, 2.45) is 35.1 Å². The summed E-state index contributed by atoms with van der Waals surface area (Å²) in [6, 6.07) is 0. The Hall–Kier alpha value is -0.0800.